The van der Waals surface area contributed by atoms with Crippen LogP contribution in [0.2, 0.25) is 0 Å². The van der Waals surface area contributed by atoms with Crippen molar-refractivity contribution in [1.29, 1.82) is 0 Å². The maximum absolute atomic E-state index is 12.0. The number of unbranched alkanes of at least 4 members (excludes halogenated alkanes) is 4. The zero-order chi connectivity index (χ0) is 30.1. The van der Waals surface area contributed by atoms with Crippen LogP contribution in [0, 0.1) is 5.92 Å². The fraction of sp³-hybridized carbons (Fsp3) is 0.696. The number of ether oxygens (including phenoxy) is 3. The number of carboxylic acids is 3. The van der Waals surface area contributed by atoms with Gasteiger partial charge in [-0.3, -0.25) is 24.0 Å². The van der Waals surface area contributed by atoms with E-state index in [9.17, 15) is 43.8 Å². The predicted molar refractivity (Wildman–Crippen MR) is 125 cm³/mol. The highest BCUT2D eigenvalue weighted by atomic mass is 16.6. The van der Waals surface area contributed by atoms with Crippen LogP contribution in [-0.4, -0.2) is 99.7 Å². The van der Waals surface area contributed by atoms with Crippen LogP contribution < -0.4 is 0 Å². The summed E-state index contributed by atoms with van der Waals surface area (Å²) in [4.78, 5) is 78.1. The fourth-order valence-corrected chi connectivity index (χ4v) is 3.21. The maximum atomic E-state index is 12.0. The minimum atomic E-state index is -3.15. The third-order valence-corrected chi connectivity index (χ3v) is 5.26. The average molecular weight is 553 g/mol. The van der Waals surface area contributed by atoms with E-state index in [0.29, 0.717) is 12.8 Å². The van der Waals surface area contributed by atoms with E-state index in [2.05, 4.69) is 14.2 Å². The van der Waals surface area contributed by atoms with E-state index in [1.54, 1.807) is 0 Å². The third-order valence-electron chi connectivity index (χ3n) is 5.26. The highest BCUT2D eigenvalue weighted by molar-refractivity contribution is 6.05. The van der Waals surface area contributed by atoms with Gasteiger partial charge in [-0.2, -0.15) is 0 Å². The molecule has 0 saturated heterocycles. The molecule has 0 saturated carbocycles. The van der Waals surface area contributed by atoms with Crippen molar-refractivity contribution in [2.45, 2.75) is 75.9 Å². The number of rotatable bonds is 17. The molecule has 0 aromatic rings. The van der Waals surface area contributed by atoms with Crippen molar-refractivity contribution in [2.75, 3.05) is 21.3 Å². The van der Waals surface area contributed by atoms with Crippen molar-refractivity contribution < 1.29 is 73.3 Å². The van der Waals surface area contributed by atoms with Crippen molar-refractivity contribution in [3.63, 3.8) is 0 Å². The number of esters is 3. The van der Waals surface area contributed by atoms with Gasteiger partial charge in [-0.25, -0.2) is 9.59 Å². The predicted octanol–water partition coefficient (Wildman–Crippen LogP) is -0.0761. The maximum Gasteiger partial charge on any atom is 0.339 e. The molecule has 0 aliphatic carbocycles. The summed E-state index contributed by atoms with van der Waals surface area (Å²) < 4.78 is 12.9. The van der Waals surface area contributed by atoms with E-state index in [-0.39, 0.29) is 6.42 Å². The molecule has 38 heavy (non-hydrogen) atoms. The van der Waals surface area contributed by atoms with Crippen LogP contribution in [0.3, 0.4) is 0 Å². The Morgan fingerprint density at radius 3 is 1.53 bits per heavy atom. The van der Waals surface area contributed by atoms with E-state index in [0.717, 1.165) is 40.6 Å². The topological polar surface area (TPSA) is 248 Å². The van der Waals surface area contributed by atoms with Gasteiger partial charge in [-0.15, -0.1) is 0 Å². The molecule has 0 aromatic carbocycles. The Hall–Kier alpha value is -3.59. The molecular formula is C23H36O15. The third kappa shape index (κ3) is 12.6. The summed E-state index contributed by atoms with van der Waals surface area (Å²) in [5.41, 5.74) is -5.41. The van der Waals surface area contributed by atoms with E-state index in [1.807, 2.05) is 6.92 Å². The van der Waals surface area contributed by atoms with Crippen molar-refractivity contribution >= 4 is 41.6 Å². The lowest BCUT2D eigenvalue weighted by Gasteiger charge is -2.27. The smallest absolute Gasteiger partial charge is 0.339 e. The van der Waals surface area contributed by atoms with Gasteiger partial charge >= 0.3 is 35.8 Å². The van der Waals surface area contributed by atoms with Gasteiger partial charge in [-0.05, 0) is 6.42 Å². The van der Waals surface area contributed by atoms with Gasteiger partial charge in [0.1, 0.15) is 0 Å². The van der Waals surface area contributed by atoms with Gasteiger partial charge in [0.25, 0.3) is 0 Å². The van der Waals surface area contributed by atoms with Crippen LogP contribution in [0.4, 0.5) is 0 Å². The van der Waals surface area contributed by atoms with Crippen LogP contribution >= 0.6 is 0 Å². The Morgan fingerprint density at radius 2 is 1.18 bits per heavy atom. The minimum absolute atomic E-state index is 0.212. The molecule has 0 aliphatic heterocycles. The van der Waals surface area contributed by atoms with Crippen molar-refractivity contribution in [3.05, 3.63) is 0 Å². The fourth-order valence-electron chi connectivity index (χ4n) is 3.21. The Bertz CT molecular complexity index is 832. The van der Waals surface area contributed by atoms with E-state index in [1.165, 1.54) is 0 Å². The molecular weight excluding hydrogens is 516 g/mol. The van der Waals surface area contributed by atoms with Crippen molar-refractivity contribution in [2.24, 2.45) is 5.92 Å². The first-order valence-electron chi connectivity index (χ1n) is 11.4. The quantitative estimate of drug-likeness (QED) is 0.0685. The Balaban J connectivity index is 0. The molecule has 2 unspecified atom stereocenters. The Kier molecular flexibility index (Phi) is 17.1. The molecule has 2 atom stereocenters. The minimum Gasteiger partial charge on any atom is -0.481 e. The Morgan fingerprint density at radius 1 is 0.711 bits per heavy atom. The monoisotopic (exact) mass is 552 g/mol. The molecule has 0 fully saturated rings. The molecule has 0 heterocycles. The molecule has 0 aliphatic rings. The van der Waals surface area contributed by atoms with Crippen molar-refractivity contribution in [3.8, 4) is 0 Å². The SMILES string of the molecule is CCCCCCCC(=O)C(C(=O)O)C(O)(CC(=O)O)C(=O)O.COC(=O)CC(O)(CC(=O)OC)C(=O)OC. The number of carboxylic acid groups (broad SMARTS) is 3. The zero-order valence-electron chi connectivity index (χ0n) is 21.8. The summed E-state index contributed by atoms with van der Waals surface area (Å²) in [5, 5.41) is 46.4. The molecule has 15 heteroatoms. The summed E-state index contributed by atoms with van der Waals surface area (Å²) in [6.45, 7) is 2.00. The van der Waals surface area contributed by atoms with Gasteiger partial charge in [-0.1, -0.05) is 32.6 Å². The second-order valence-corrected chi connectivity index (χ2v) is 8.23. The lowest BCUT2D eigenvalue weighted by Crippen LogP contribution is -2.53. The number of aliphatic hydroxyl groups is 2. The second-order valence-electron chi connectivity index (χ2n) is 8.23. The molecule has 218 valence electrons. The number of carbonyl (C=O) groups is 7. The molecule has 0 radical (unpaired) electrons. The van der Waals surface area contributed by atoms with Crippen LogP contribution in [0.1, 0.15) is 64.7 Å². The first-order chi connectivity index (χ1) is 17.6. The zero-order valence-corrected chi connectivity index (χ0v) is 21.8. The van der Waals surface area contributed by atoms with Crippen LogP contribution in [0.15, 0.2) is 0 Å². The molecule has 0 aromatic heterocycles. The normalized spacial score (nSPS) is 13.0. The van der Waals surface area contributed by atoms with E-state index in [4.69, 9.17) is 15.3 Å². The number of ketones is 1. The van der Waals surface area contributed by atoms with Crippen LogP contribution in [0.5, 0.6) is 0 Å². The summed E-state index contributed by atoms with van der Waals surface area (Å²) in [7, 11) is 3.22. The number of Topliss-reactive ketones (excluding diaryl/α,β-unsaturated/α-hetero) is 1. The van der Waals surface area contributed by atoms with E-state index < -0.39 is 78.0 Å². The molecule has 0 spiro atoms. The average Bonchev–Trinajstić information content (AvgIpc) is 2.82. The number of hydrogen-bond donors (Lipinski definition) is 5. The lowest BCUT2D eigenvalue weighted by atomic mass is 9.80. The van der Waals surface area contributed by atoms with E-state index >= 15 is 0 Å². The standard InChI is InChI=1S/C14H22O8.C9H14O7/c1-2-3-4-5-6-7-9(15)11(12(18)19)14(22,13(20)21)8-10(16)17;1-14-6(10)4-9(13,8(12)16-3)5-7(11)15-2/h11,22H,2-8H2,1H3,(H,16,17)(H,18,19)(H,20,21);13H,4-5H2,1-3H3. The summed E-state index contributed by atoms with van der Waals surface area (Å²) in [6, 6.07) is 0. The molecule has 5 N–H and O–H groups in total. The summed E-state index contributed by atoms with van der Waals surface area (Å²) >= 11 is 0. The summed E-state index contributed by atoms with van der Waals surface area (Å²) in [6.07, 6.45) is 0.937. The van der Waals surface area contributed by atoms with Gasteiger partial charge in [0, 0.05) is 6.42 Å². The first-order valence-corrected chi connectivity index (χ1v) is 11.4. The van der Waals surface area contributed by atoms with Gasteiger partial charge < -0.3 is 39.7 Å². The molecule has 0 bridgehead atoms. The molecule has 0 amide bonds. The first kappa shape index (κ1) is 36.6. The highest BCUT2D eigenvalue weighted by Crippen LogP contribution is 2.26. The van der Waals surface area contributed by atoms with Gasteiger partial charge in [0.2, 0.25) is 0 Å². The van der Waals surface area contributed by atoms with Crippen LogP contribution in [0.25, 0.3) is 0 Å². The largest absolute Gasteiger partial charge is 0.481 e. The summed E-state index contributed by atoms with van der Waals surface area (Å²) in [5.74, 6) is -11.6. The van der Waals surface area contributed by atoms with Crippen LogP contribution in [-0.2, 0) is 47.8 Å². The van der Waals surface area contributed by atoms with Crippen molar-refractivity contribution in [1.82, 2.24) is 0 Å². The number of methoxy groups -OCH3 is 3. The van der Waals surface area contributed by atoms with Gasteiger partial charge in [0.05, 0.1) is 40.6 Å². The Labute approximate surface area is 218 Å². The highest BCUT2D eigenvalue weighted by Gasteiger charge is 2.53. The second kappa shape index (κ2) is 17.8. The molecule has 15 nitrogen and oxygen atoms in total. The number of carbonyl (C=O) groups excluding carboxylic acids is 4. The lowest BCUT2D eigenvalue weighted by molar-refractivity contribution is -0.181. The molecule has 0 rings (SSSR count). The van der Waals surface area contributed by atoms with Gasteiger partial charge in [0.15, 0.2) is 22.9 Å². The number of aliphatic carboxylic acids is 3. The number of hydrogen-bond acceptors (Lipinski definition) is 12.